The molecule has 0 aliphatic heterocycles. The van der Waals surface area contributed by atoms with Crippen LogP contribution >= 0.6 is 0 Å². The summed E-state index contributed by atoms with van der Waals surface area (Å²) in [7, 11) is 0. The van der Waals surface area contributed by atoms with Crippen LogP contribution in [-0.2, 0) is 35.4 Å². The number of rotatable bonds is 12. The van der Waals surface area contributed by atoms with Gasteiger partial charge < -0.3 is 10.2 Å². The lowest BCUT2D eigenvalue weighted by Gasteiger charge is -2.32. The maximum Gasteiger partial charge on any atom is 0.243 e. The van der Waals surface area contributed by atoms with Gasteiger partial charge in [0.25, 0.3) is 0 Å². The fourth-order valence-corrected chi connectivity index (χ4v) is 4.34. The molecule has 0 fully saturated rings. The zero-order valence-corrected chi connectivity index (χ0v) is 22.2. The van der Waals surface area contributed by atoms with Crippen molar-refractivity contribution < 1.29 is 9.59 Å². The number of aryl methyl sites for hydroxylation is 3. The van der Waals surface area contributed by atoms with E-state index in [-0.39, 0.29) is 17.9 Å². The molecule has 2 unspecified atom stereocenters. The lowest BCUT2D eigenvalue weighted by molar-refractivity contribution is -0.141. The highest BCUT2D eigenvalue weighted by molar-refractivity contribution is 5.88. The maximum absolute atomic E-state index is 13.8. The van der Waals surface area contributed by atoms with E-state index in [1.54, 1.807) is 4.90 Å². The number of amides is 2. The summed E-state index contributed by atoms with van der Waals surface area (Å²) in [4.78, 5) is 29.1. The maximum atomic E-state index is 13.8. The third-order valence-corrected chi connectivity index (χ3v) is 6.77. The lowest BCUT2D eigenvalue weighted by Crippen LogP contribution is -2.52. The van der Waals surface area contributed by atoms with Crippen LogP contribution in [0.15, 0.2) is 78.9 Å². The summed E-state index contributed by atoms with van der Waals surface area (Å²) in [5.41, 5.74) is 5.64. The van der Waals surface area contributed by atoms with Gasteiger partial charge in [-0.15, -0.1) is 0 Å². The molecule has 0 saturated carbocycles. The summed E-state index contributed by atoms with van der Waals surface area (Å²) in [6.45, 7) is 8.65. The Morgan fingerprint density at radius 3 is 2.14 bits per heavy atom. The van der Waals surface area contributed by atoms with Crippen molar-refractivity contribution in [3.05, 3.63) is 107 Å². The second kappa shape index (κ2) is 13.6. The van der Waals surface area contributed by atoms with Crippen LogP contribution in [0.25, 0.3) is 0 Å². The van der Waals surface area contributed by atoms with Crippen LogP contribution in [0.5, 0.6) is 0 Å². The van der Waals surface area contributed by atoms with Crippen molar-refractivity contribution in [1.82, 2.24) is 10.2 Å². The molecule has 3 aromatic carbocycles. The van der Waals surface area contributed by atoms with Crippen LogP contribution < -0.4 is 5.32 Å². The van der Waals surface area contributed by atoms with Gasteiger partial charge in [0.05, 0.1) is 0 Å². The zero-order chi connectivity index (χ0) is 25.9. The summed E-state index contributed by atoms with van der Waals surface area (Å²) in [6, 6.07) is 26.1. The number of carbonyl (C=O) groups excluding carboxylic acids is 2. The van der Waals surface area contributed by atoms with E-state index in [0.717, 1.165) is 35.1 Å². The third kappa shape index (κ3) is 8.08. The summed E-state index contributed by atoms with van der Waals surface area (Å²) >= 11 is 0. The van der Waals surface area contributed by atoms with E-state index in [2.05, 4.69) is 49.5 Å². The van der Waals surface area contributed by atoms with Gasteiger partial charge in [0.2, 0.25) is 11.8 Å². The molecule has 0 aromatic heterocycles. The average molecular weight is 485 g/mol. The highest BCUT2D eigenvalue weighted by Gasteiger charge is 2.30. The van der Waals surface area contributed by atoms with Crippen LogP contribution in [0.2, 0.25) is 0 Å². The first-order valence-corrected chi connectivity index (χ1v) is 13.2. The molecule has 1 N–H and O–H groups in total. The molecule has 3 rings (SSSR count). The van der Waals surface area contributed by atoms with E-state index in [9.17, 15) is 9.59 Å². The molecule has 3 aromatic rings. The number of nitrogens with zero attached hydrogens (tertiary/aromatic N) is 1. The molecule has 0 radical (unpaired) electrons. The summed E-state index contributed by atoms with van der Waals surface area (Å²) in [6.07, 6.45) is 3.32. The molecule has 0 heterocycles. The van der Waals surface area contributed by atoms with E-state index in [0.29, 0.717) is 25.8 Å². The molecule has 190 valence electrons. The minimum Gasteiger partial charge on any atom is -0.352 e. The van der Waals surface area contributed by atoms with Crippen molar-refractivity contribution >= 4 is 11.8 Å². The predicted octanol–water partition coefficient (Wildman–Crippen LogP) is 6.04. The molecule has 0 aliphatic rings. The van der Waals surface area contributed by atoms with Crippen LogP contribution in [0.1, 0.15) is 61.4 Å². The van der Waals surface area contributed by atoms with Crippen molar-refractivity contribution in [2.24, 2.45) is 0 Å². The van der Waals surface area contributed by atoms with Crippen LogP contribution in [0.3, 0.4) is 0 Å². The Morgan fingerprint density at radius 2 is 1.50 bits per heavy atom. The summed E-state index contributed by atoms with van der Waals surface area (Å²) in [5, 5.41) is 3.14. The van der Waals surface area contributed by atoms with Gasteiger partial charge in [-0.2, -0.15) is 0 Å². The largest absolute Gasteiger partial charge is 0.352 e. The van der Waals surface area contributed by atoms with Crippen molar-refractivity contribution in [3.63, 3.8) is 0 Å². The first-order chi connectivity index (χ1) is 17.4. The van der Waals surface area contributed by atoms with Gasteiger partial charge in [-0.3, -0.25) is 9.59 Å². The fourth-order valence-electron chi connectivity index (χ4n) is 4.34. The topological polar surface area (TPSA) is 49.4 Å². The Morgan fingerprint density at radius 1 is 0.833 bits per heavy atom. The van der Waals surface area contributed by atoms with E-state index in [1.807, 2.05) is 62.4 Å². The Bertz CT molecular complexity index is 1110. The van der Waals surface area contributed by atoms with E-state index in [4.69, 9.17) is 0 Å². The second-order valence-corrected chi connectivity index (χ2v) is 9.70. The monoisotopic (exact) mass is 484 g/mol. The van der Waals surface area contributed by atoms with Crippen LogP contribution in [0, 0.1) is 6.92 Å². The predicted molar refractivity (Wildman–Crippen MR) is 148 cm³/mol. The summed E-state index contributed by atoms with van der Waals surface area (Å²) < 4.78 is 0. The molecule has 4 heteroatoms. The molecule has 4 nitrogen and oxygen atoms in total. The third-order valence-electron chi connectivity index (χ3n) is 6.77. The quantitative estimate of drug-likeness (QED) is 0.340. The van der Waals surface area contributed by atoms with Crippen molar-refractivity contribution in [1.29, 1.82) is 0 Å². The van der Waals surface area contributed by atoms with E-state index >= 15 is 0 Å². The zero-order valence-electron chi connectivity index (χ0n) is 22.2. The first kappa shape index (κ1) is 27.2. The molecule has 2 atom stereocenters. The second-order valence-electron chi connectivity index (χ2n) is 9.70. The minimum absolute atomic E-state index is 0.00342. The Kier molecular flexibility index (Phi) is 10.3. The number of carbonyl (C=O) groups is 2. The Balaban J connectivity index is 1.89. The van der Waals surface area contributed by atoms with Crippen LogP contribution in [-0.4, -0.2) is 28.8 Å². The number of hydrogen-bond donors (Lipinski definition) is 1. The molecule has 0 spiro atoms. The van der Waals surface area contributed by atoms with E-state index < -0.39 is 6.04 Å². The van der Waals surface area contributed by atoms with Gasteiger partial charge >= 0.3 is 0 Å². The smallest absolute Gasteiger partial charge is 0.243 e. The standard InChI is InChI=1S/C32H40N2O2/c1-5-25(4)33-32(36)30(22-28-12-8-7-9-13-28)34(23-29-14-10-11-24(3)21-29)31(35)20-19-27-17-15-26(6-2)16-18-27/h7-18,21,25,30H,5-6,19-20,22-23H2,1-4H3,(H,33,36). The summed E-state index contributed by atoms with van der Waals surface area (Å²) in [5.74, 6) is -0.0992. The normalized spacial score (nSPS) is 12.6. The van der Waals surface area contributed by atoms with Gasteiger partial charge in [0, 0.05) is 25.4 Å². The molecule has 0 saturated heterocycles. The molecule has 0 bridgehead atoms. The van der Waals surface area contributed by atoms with Gasteiger partial charge in [0.15, 0.2) is 0 Å². The van der Waals surface area contributed by atoms with Crippen molar-refractivity contribution in [2.45, 2.75) is 78.4 Å². The Hall–Kier alpha value is -3.40. The first-order valence-electron chi connectivity index (χ1n) is 13.2. The molecular weight excluding hydrogens is 444 g/mol. The average Bonchev–Trinajstić information content (AvgIpc) is 2.90. The van der Waals surface area contributed by atoms with Crippen molar-refractivity contribution in [2.75, 3.05) is 0 Å². The van der Waals surface area contributed by atoms with Crippen molar-refractivity contribution in [3.8, 4) is 0 Å². The minimum atomic E-state index is -0.586. The number of nitrogens with one attached hydrogen (secondary N) is 1. The van der Waals surface area contributed by atoms with Gasteiger partial charge in [-0.25, -0.2) is 0 Å². The highest BCUT2D eigenvalue weighted by Crippen LogP contribution is 2.18. The lowest BCUT2D eigenvalue weighted by atomic mass is 10.0. The number of hydrogen-bond acceptors (Lipinski definition) is 2. The number of benzene rings is 3. The van der Waals surface area contributed by atoms with Gasteiger partial charge in [-0.05, 0) is 55.4 Å². The van der Waals surface area contributed by atoms with E-state index in [1.165, 1.54) is 5.56 Å². The van der Waals surface area contributed by atoms with Gasteiger partial charge in [0.1, 0.15) is 6.04 Å². The molecule has 2 amide bonds. The highest BCUT2D eigenvalue weighted by atomic mass is 16.2. The molecule has 36 heavy (non-hydrogen) atoms. The van der Waals surface area contributed by atoms with Gasteiger partial charge in [-0.1, -0.05) is 98.3 Å². The molecule has 0 aliphatic carbocycles. The fraction of sp³-hybridized carbons (Fsp3) is 0.375. The Labute approximate surface area is 216 Å². The van der Waals surface area contributed by atoms with Crippen LogP contribution in [0.4, 0.5) is 0 Å². The molecular formula is C32H40N2O2. The SMILES string of the molecule is CCc1ccc(CCC(=O)N(Cc2cccc(C)c2)C(Cc2ccccc2)C(=O)NC(C)CC)cc1.